The summed E-state index contributed by atoms with van der Waals surface area (Å²) in [5.74, 6) is 0.243. The largest absolute Gasteiger partial charge is 0.308 e. The van der Waals surface area contributed by atoms with Crippen LogP contribution in [-0.4, -0.2) is 15.6 Å². The Morgan fingerprint density at radius 2 is 1.88 bits per heavy atom. The van der Waals surface area contributed by atoms with Crippen LogP contribution in [0.15, 0.2) is 30.0 Å². The number of ketones is 1. The zero-order valence-corrected chi connectivity index (χ0v) is 14.7. The van der Waals surface area contributed by atoms with E-state index in [0.29, 0.717) is 5.57 Å². The number of nitrogens with zero attached hydrogens (tertiary/aromatic N) is 2. The molecule has 2 fully saturated rings. The van der Waals surface area contributed by atoms with E-state index in [-0.39, 0.29) is 33.9 Å². The number of carbonyl (C=O) groups is 1. The Morgan fingerprint density at radius 1 is 1.19 bits per heavy atom. The van der Waals surface area contributed by atoms with Gasteiger partial charge in [0.2, 0.25) is 0 Å². The molecule has 0 amide bonds. The minimum atomic E-state index is -0.697. The lowest BCUT2D eigenvalue weighted by Gasteiger charge is -2.31. The van der Waals surface area contributed by atoms with Crippen molar-refractivity contribution in [3.8, 4) is 0 Å². The number of nitro groups is 2. The molecule has 2 aliphatic carbocycles. The molecule has 26 heavy (non-hydrogen) atoms. The molecule has 2 saturated carbocycles. The molecule has 0 unspecified atom stereocenters. The molecule has 0 aromatic heterocycles. The van der Waals surface area contributed by atoms with Crippen molar-refractivity contribution in [2.45, 2.75) is 33.6 Å². The van der Waals surface area contributed by atoms with Crippen molar-refractivity contribution in [2.24, 2.45) is 16.7 Å². The zero-order chi connectivity index (χ0) is 19.3. The number of nitrogens with one attached hydrogen (secondary N) is 2. The number of allylic oxidation sites excluding steroid dienone is 1. The van der Waals surface area contributed by atoms with E-state index in [9.17, 15) is 25.0 Å². The fourth-order valence-electron chi connectivity index (χ4n) is 4.18. The number of Topliss-reactive ketones (excluding diaryl/α,β-unsaturated/α-hetero) is 1. The van der Waals surface area contributed by atoms with E-state index in [4.69, 9.17) is 0 Å². The van der Waals surface area contributed by atoms with Gasteiger partial charge in [0.15, 0.2) is 5.78 Å². The van der Waals surface area contributed by atoms with Gasteiger partial charge in [-0.15, -0.1) is 0 Å². The number of benzene rings is 1. The smallest absolute Gasteiger partial charge is 0.300 e. The Balaban J connectivity index is 1.81. The first-order chi connectivity index (χ1) is 12.1. The lowest BCUT2D eigenvalue weighted by atomic mass is 9.70. The maximum atomic E-state index is 12.7. The third-order valence-corrected chi connectivity index (χ3v) is 6.19. The predicted octanol–water partition coefficient (Wildman–Crippen LogP) is 3.33. The molecule has 0 spiro atoms. The summed E-state index contributed by atoms with van der Waals surface area (Å²) in [6, 6.07) is 3.33. The first kappa shape index (κ1) is 17.8. The van der Waals surface area contributed by atoms with Gasteiger partial charge in [0.1, 0.15) is 5.69 Å². The molecule has 2 atom stereocenters. The molecular weight excluding hydrogens is 340 g/mol. The van der Waals surface area contributed by atoms with Gasteiger partial charge in [0.25, 0.3) is 5.69 Å². The average molecular weight is 360 g/mol. The predicted molar refractivity (Wildman–Crippen MR) is 94.2 cm³/mol. The molecule has 3 rings (SSSR count). The lowest BCUT2D eigenvalue weighted by molar-refractivity contribution is -0.393. The zero-order valence-electron chi connectivity index (χ0n) is 14.7. The fraction of sp³-hybridized carbons (Fsp3) is 0.471. The van der Waals surface area contributed by atoms with E-state index >= 15 is 0 Å². The van der Waals surface area contributed by atoms with Crippen molar-refractivity contribution < 1.29 is 14.6 Å². The normalized spacial score (nSPS) is 27.6. The van der Waals surface area contributed by atoms with E-state index in [1.54, 1.807) is 6.20 Å². The number of carbonyl (C=O) groups excluding carboxylic acids is 1. The van der Waals surface area contributed by atoms with Gasteiger partial charge in [0.05, 0.1) is 15.9 Å². The van der Waals surface area contributed by atoms with Gasteiger partial charge >= 0.3 is 5.69 Å². The van der Waals surface area contributed by atoms with Gasteiger partial charge in [-0.2, -0.15) is 0 Å². The highest BCUT2D eigenvalue weighted by atomic mass is 16.6. The summed E-state index contributed by atoms with van der Waals surface area (Å²) in [5, 5.41) is 21.9. The summed E-state index contributed by atoms with van der Waals surface area (Å²) in [7, 11) is 0. The Kier molecular flexibility index (Phi) is 3.97. The molecule has 1 aromatic rings. The maximum absolute atomic E-state index is 12.7. The molecule has 0 heterocycles. The number of fused-ring (bicyclic) bond motifs is 2. The SMILES string of the molecule is CC1(C)[C@H]2CC[C@]1(C)C(=O)/C2=C\NNc1ccc([N+](=O)[O-])cc1[N+](=O)[O-]. The Morgan fingerprint density at radius 3 is 2.42 bits per heavy atom. The van der Waals surface area contributed by atoms with Crippen molar-refractivity contribution in [3.05, 3.63) is 50.2 Å². The second-order valence-electron chi connectivity index (χ2n) is 7.56. The molecule has 138 valence electrons. The van der Waals surface area contributed by atoms with Crippen LogP contribution in [0, 0.1) is 37.0 Å². The van der Waals surface area contributed by atoms with E-state index in [1.165, 1.54) is 12.1 Å². The van der Waals surface area contributed by atoms with Crippen LogP contribution in [0.3, 0.4) is 0 Å². The molecule has 9 heteroatoms. The van der Waals surface area contributed by atoms with Gasteiger partial charge in [-0.3, -0.25) is 30.4 Å². The number of hydrogen-bond acceptors (Lipinski definition) is 7. The second kappa shape index (κ2) is 5.79. The number of anilines is 1. The van der Waals surface area contributed by atoms with Gasteiger partial charge in [-0.1, -0.05) is 20.8 Å². The second-order valence-corrected chi connectivity index (χ2v) is 7.56. The van der Waals surface area contributed by atoms with Crippen LogP contribution in [0.25, 0.3) is 0 Å². The molecule has 2 aliphatic rings. The lowest BCUT2D eigenvalue weighted by Crippen LogP contribution is -2.32. The monoisotopic (exact) mass is 360 g/mol. The van der Waals surface area contributed by atoms with Gasteiger partial charge in [-0.25, -0.2) is 0 Å². The minimum absolute atomic E-state index is 0.0820. The summed E-state index contributed by atoms with van der Waals surface area (Å²) >= 11 is 0. The summed E-state index contributed by atoms with van der Waals surface area (Å²) in [4.78, 5) is 33.3. The first-order valence-electron chi connectivity index (χ1n) is 8.29. The van der Waals surface area contributed by atoms with Crippen molar-refractivity contribution in [1.82, 2.24) is 5.43 Å². The van der Waals surface area contributed by atoms with E-state index in [2.05, 4.69) is 24.7 Å². The maximum Gasteiger partial charge on any atom is 0.300 e. The molecular formula is C17H20N4O5. The molecule has 0 radical (unpaired) electrons. The molecule has 2 bridgehead atoms. The van der Waals surface area contributed by atoms with Crippen LogP contribution in [0.4, 0.5) is 17.1 Å². The topological polar surface area (TPSA) is 127 Å². The third-order valence-electron chi connectivity index (χ3n) is 6.19. The Bertz CT molecular complexity index is 848. The van der Waals surface area contributed by atoms with Gasteiger partial charge in [0, 0.05) is 23.3 Å². The van der Waals surface area contributed by atoms with Crippen LogP contribution in [0.1, 0.15) is 33.6 Å². The van der Waals surface area contributed by atoms with Crippen LogP contribution in [0.5, 0.6) is 0 Å². The van der Waals surface area contributed by atoms with Crippen molar-refractivity contribution in [2.75, 3.05) is 5.43 Å². The van der Waals surface area contributed by atoms with Crippen molar-refractivity contribution in [3.63, 3.8) is 0 Å². The molecule has 0 aliphatic heterocycles. The minimum Gasteiger partial charge on any atom is -0.308 e. The Labute approximate surface area is 149 Å². The standard InChI is InChI=1S/C17H20N4O5/c1-16(2)12-6-7-17(16,3)15(22)11(12)9-18-19-13-5-4-10(20(23)24)8-14(13)21(25)26/h4-5,8-9,12,18-19H,6-7H2,1-3H3/b11-9-/t12-,17+/m0/s1. The van der Waals surface area contributed by atoms with Crippen LogP contribution in [-0.2, 0) is 4.79 Å². The van der Waals surface area contributed by atoms with Crippen LogP contribution < -0.4 is 10.9 Å². The van der Waals surface area contributed by atoms with E-state index < -0.39 is 15.5 Å². The van der Waals surface area contributed by atoms with Crippen molar-refractivity contribution in [1.29, 1.82) is 0 Å². The number of rotatable bonds is 5. The average Bonchev–Trinajstić information content (AvgIpc) is 2.88. The van der Waals surface area contributed by atoms with Crippen LogP contribution in [0.2, 0.25) is 0 Å². The van der Waals surface area contributed by atoms with E-state index in [0.717, 1.165) is 18.9 Å². The summed E-state index contributed by atoms with van der Waals surface area (Å²) in [5.41, 5.74) is 4.88. The molecule has 9 nitrogen and oxygen atoms in total. The number of nitro benzene ring substituents is 2. The highest BCUT2D eigenvalue weighted by Crippen LogP contribution is 2.65. The highest BCUT2D eigenvalue weighted by molar-refractivity contribution is 6.04. The summed E-state index contributed by atoms with van der Waals surface area (Å²) < 4.78 is 0. The quantitative estimate of drug-likeness (QED) is 0.468. The number of non-ortho nitro benzene ring substituents is 1. The fourth-order valence-corrected chi connectivity index (χ4v) is 4.18. The Hall–Kier alpha value is -2.97. The van der Waals surface area contributed by atoms with Gasteiger partial charge < -0.3 is 5.43 Å². The van der Waals surface area contributed by atoms with E-state index in [1.807, 2.05) is 6.92 Å². The summed E-state index contributed by atoms with van der Waals surface area (Å²) in [6.45, 7) is 6.18. The highest BCUT2D eigenvalue weighted by Gasteiger charge is 2.63. The first-order valence-corrected chi connectivity index (χ1v) is 8.29. The van der Waals surface area contributed by atoms with Crippen molar-refractivity contribution >= 4 is 22.8 Å². The number of hydrazine groups is 1. The van der Waals surface area contributed by atoms with Crippen LogP contribution >= 0.6 is 0 Å². The molecule has 1 aromatic carbocycles. The van der Waals surface area contributed by atoms with Gasteiger partial charge in [-0.05, 0) is 30.2 Å². The third kappa shape index (κ3) is 2.42. The summed E-state index contributed by atoms with van der Waals surface area (Å²) in [6.07, 6.45) is 3.35. The molecule has 2 N–H and O–H groups in total. The molecule has 0 saturated heterocycles. The number of hydrogen-bond donors (Lipinski definition) is 2.